The van der Waals surface area contributed by atoms with Crippen LogP contribution in [0.2, 0.25) is 10.0 Å². The van der Waals surface area contributed by atoms with Gasteiger partial charge < -0.3 is 21.5 Å². The van der Waals surface area contributed by atoms with Gasteiger partial charge in [0.25, 0.3) is 0 Å². The van der Waals surface area contributed by atoms with Crippen LogP contribution in [0.1, 0.15) is 24.4 Å². The molecule has 128 valence electrons. The van der Waals surface area contributed by atoms with Gasteiger partial charge in [0, 0.05) is 48.7 Å². The van der Waals surface area contributed by atoms with Crippen molar-refractivity contribution >= 4 is 34.7 Å². The SMILES string of the molecule is Nc1ccnc(N2CCC([C@@H](N)c3cc(Cl)c(Cl)cc3O)CC2)c1. The second kappa shape index (κ2) is 7.05. The van der Waals surface area contributed by atoms with Crippen molar-refractivity contribution in [3.8, 4) is 5.75 Å². The molecule has 0 spiro atoms. The van der Waals surface area contributed by atoms with Crippen LogP contribution in [0.5, 0.6) is 5.75 Å². The molecule has 5 N–H and O–H groups in total. The summed E-state index contributed by atoms with van der Waals surface area (Å²) in [5, 5.41) is 10.9. The minimum atomic E-state index is -0.282. The van der Waals surface area contributed by atoms with Crippen molar-refractivity contribution in [2.75, 3.05) is 23.7 Å². The zero-order chi connectivity index (χ0) is 17.3. The smallest absolute Gasteiger partial charge is 0.130 e. The quantitative estimate of drug-likeness (QED) is 0.772. The van der Waals surface area contributed by atoms with Crippen molar-refractivity contribution in [1.29, 1.82) is 0 Å². The summed E-state index contributed by atoms with van der Waals surface area (Å²) in [6.45, 7) is 1.69. The third kappa shape index (κ3) is 3.53. The van der Waals surface area contributed by atoms with Gasteiger partial charge in [-0.3, -0.25) is 0 Å². The first kappa shape index (κ1) is 17.1. The third-order valence-electron chi connectivity index (χ3n) is 4.57. The maximum absolute atomic E-state index is 10.1. The summed E-state index contributed by atoms with van der Waals surface area (Å²) < 4.78 is 0. The highest BCUT2D eigenvalue weighted by atomic mass is 35.5. The summed E-state index contributed by atoms with van der Waals surface area (Å²) in [4.78, 5) is 6.57. The molecule has 7 heteroatoms. The van der Waals surface area contributed by atoms with E-state index in [1.807, 2.05) is 6.07 Å². The van der Waals surface area contributed by atoms with Crippen LogP contribution in [0.4, 0.5) is 11.5 Å². The molecule has 2 aromatic rings. The van der Waals surface area contributed by atoms with Crippen LogP contribution in [0.25, 0.3) is 0 Å². The summed E-state index contributed by atoms with van der Waals surface area (Å²) in [6, 6.07) is 6.49. The van der Waals surface area contributed by atoms with E-state index in [2.05, 4.69) is 9.88 Å². The van der Waals surface area contributed by atoms with Gasteiger partial charge in [-0.05, 0) is 30.9 Å². The lowest BCUT2D eigenvalue weighted by molar-refractivity contribution is 0.336. The number of phenols is 1. The highest BCUT2D eigenvalue weighted by Gasteiger charge is 2.27. The molecule has 1 aromatic heterocycles. The Kier molecular flexibility index (Phi) is 5.04. The van der Waals surface area contributed by atoms with Crippen LogP contribution in [-0.4, -0.2) is 23.2 Å². The van der Waals surface area contributed by atoms with Gasteiger partial charge in [0.2, 0.25) is 0 Å². The van der Waals surface area contributed by atoms with Gasteiger partial charge in [-0.15, -0.1) is 0 Å². The fourth-order valence-corrected chi connectivity index (χ4v) is 3.50. The van der Waals surface area contributed by atoms with E-state index in [-0.39, 0.29) is 17.7 Å². The van der Waals surface area contributed by atoms with Gasteiger partial charge in [-0.25, -0.2) is 4.98 Å². The lowest BCUT2D eigenvalue weighted by atomic mass is 9.85. The average molecular weight is 367 g/mol. The number of nitrogens with two attached hydrogens (primary N) is 2. The van der Waals surface area contributed by atoms with Gasteiger partial charge in [0.15, 0.2) is 0 Å². The predicted molar refractivity (Wildman–Crippen MR) is 98.6 cm³/mol. The highest BCUT2D eigenvalue weighted by Crippen LogP contribution is 2.38. The van der Waals surface area contributed by atoms with E-state index in [1.54, 1.807) is 18.3 Å². The topological polar surface area (TPSA) is 88.4 Å². The Morgan fingerprint density at radius 1 is 1.17 bits per heavy atom. The number of benzene rings is 1. The molecule has 1 aliphatic heterocycles. The number of piperidine rings is 1. The second-order valence-corrected chi connectivity index (χ2v) is 6.94. The lowest BCUT2D eigenvalue weighted by Gasteiger charge is -2.35. The molecule has 1 aliphatic rings. The standard InChI is InChI=1S/C17H20Cl2N4O/c18-13-8-12(15(24)9-14(13)19)17(21)10-2-5-23(6-3-10)16-7-11(20)1-4-22-16/h1,4,7-10,17,24H,2-3,5-6,21H2,(H2,20,22)/t17-/m1/s1. The zero-order valence-corrected chi connectivity index (χ0v) is 14.6. The number of phenolic OH excluding ortho intramolecular Hbond substituents is 1. The number of anilines is 2. The van der Waals surface area contributed by atoms with Gasteiger partial charge in [0.05, 0.1) is 10.0 Å². The van der Waals surface area contributed by atoms with Gasteiger partial charge in [-0.1, -0.05) is 23.2 Å². The lowest BCUT2D eigenvalue weighted by Crippen LogP contribution is -2.38. The molecule has 24 heavy (non-hydrogen) atoms. The highest BCUT2D eigenvalue weighted by molar-refractivity contribution is 6.42. The van der Waals surface area contributed by atoms with E-state index in [9.17, 15) is 5.11 Å². The number of nitrogen functional groups attached to an aromatic ring is 1. The molecule has 0 bridgehead atoms. The molecule has 0 unspecified atom stereocenters. The number of rotatable bonds is 3. The van der Waals surface area contributed by atoms with Crippen molar-refractivity contribution < 1.29 is 5.11 Å². The van der Waals surface area contributed by atoms with Crippen LogP contribution in [-0.2, 0) is 0 Å². The Balaban J connectivity index is 1.69. The summed E-state index contributed by atoms with van der Waals surface area (Å²) in [7, 11) is 0. The Morgan fingerprint density at radius 2 is 1.83 bits per heavy atom. The first-order chi connectivity index (χ1) is 11.5. The molecule has 0 saturated carbocycles. The Hall–Kier alpha value is -1.69. The molecular weight excluding hydrogens is 347 g/mol. The number of aromatic nitrogens is 1. The molecule has 1 aromatic carbocycles. The number of nitrogens with zero attached hydrogens (tertiary/aromatic N) is 2. The fraction of sp³-hybridized carbons (Fsp3) is 0.353. The van der Waals surface area contributed by atoms with E-state index < -0.39 is 0 Å². The Labute approximate surface area is 151 Å². The van der Waals surface area contributed by atoms with Crippen LogP contribution in [0, 0.1) is 5.92 Å². The average Bonchev–Trinajstić information content (AvgIpc) is 2.58. The monoisotopic (exact) mass is 366 g/mol. The van der Waals surface area contributed by atoms with Crippen molar-refractivity contribution in [3.63, 3.8) is 0 Å². The fourth-order valence-electron chi connectivity index (χ4n) is 3.17. The summed E-state index contributed by atoms with van der Waals surface area (Å²) in [6.07, 6.45) is 3.52. The van der Waals surface area contributed by atoms with E-state index in [0.29, 0.717) is 21.3 Å². The minimum Gasteiger partial charge on any atom is -0.508 e. The van der Waals surface area contributed by atoms with Crippen molar-refractivity contribution in [1.82, 2.24) is 4.98 Å². The summed E-state index contributed by atoms with van der Waals surface area (Å²) in [5.41, 5.74) is 13.6. The van der Waals surface area contributed by atoms with Crippen LogP contribution in [0.15, 0.2) is 30.5 Å². The van der Waals surface area contributed by atoms with Gasteiger partial charge in [-0.2, -0.15) is 0 Å². The third-order valence-corrected chi connectivity index (χ3v) is 5.29. The van der Waals surface area contributed by atoms with Crippen molar-refractivity contribution in [3.05, 3.63) is 46.1 Å². The van der Waals surface area contributed by atoms with Crippen molar-refractivity contribution in [2.24, 2.45) is 11.7 Å². The number of pyridine rings is 1. The number of hydrogen-bond acceptors (Lipinski definition) is 5. The molecule has 1 atom stereocenters. The van der Waals surface area contributed by atoms with Crippen molar-refractivity contribution in [2.45, 2.75) is 18.9 Å². The van der Waals surface area contributed by atoms with Crippen LogP contribution < -0.4 is 16.4 Å². The zero-order valence-electron chi connectivity index (χ0n) is 13.1. The van der Waals surface area contributed by atoms with E-state index in [4.69, 9.17) is 34.7 Å². The first-order valence-electron chi connectivity index (χ1n) is 7.85. The molecule has 0 radical (unpaired) electrons. The second-order valence-electron chi connectivity index (χ2n) is 6.12. The van der Waals surface area contributed by atoms with Gasteiger partial charge >= 0.3 is 0 Å². The van der Waals surface area contributed by atoms with E-state index >= 15 is 0 Å². The van der Waals surface area contributed by atoms with Crippen LogP contribution in [0.3, 0.4) is 0 Å². The minimum absolute atomic E-state index is 0.0943. The van der Waals surface area contributed by atoms with Gasteiger partial charge in [0.1, 0.15) is 11.6 Å². The molecule has 0 aliphatic carbocycles. The first-order valence-corrected chi connectivity index (χ1v) is 8.61. The Bertz CT molecular complexity index is 733. The molecule has 1 saturated heterocycles. The largest absolute Gasteiger partial charge is 0.508 e. The maximum atomic E-state index is 10.1. The summed E-state index contributed by atoms with van der Waals surface area (Å²) in [5.74, 6) is 1.24. The van der Waals surface area contributed by atoms with E-state index in [1.165, 1.54) is 6.07 Å². The molecule has 0 amide bonds. The molecule has 5 nitrogen and oxygen atoms in total. The predicted octanol–water partition coefficient (Wildman–Crippen LogP) is 3.59. The summed E-state index contributed by atoms with van der Waals surface area (Å²) >= 11 is 12.0. The normalized spacial score (nSPS) is 17.0. The number of aromatic hydroxyl groups is 1. The Morgan fingerprint density at radius 3 is 2.50 bits per heavy atom. The molecule has 3 rings (SSSR count). The number of halogens is 2. The molecular formula is C17H20Cl2N4O. The molecule has 2 heterocycles. The number of hydrogen-bond donors (Lipinski definition) is 3. The molecule has 1 fully saturated rings. The maximum Gasteiger partial charge on any atom is 0.130 e. The van der Waals surface area contributed by atoms with E-state index in [0.717, 1.165) is 31.7 Å². The van der Waals surface area contributed by atoms with Crippen LogP contribution >= 0.6 is 23.2 Å².